The summed E-state index contributed by atoms with van der Waals surface area (Å²) in [6.45, 7) is 13.1. The van der Waals surface area contributed by atoms with Crippen LogP contribution in [0.25, 0.3) is 0 Å². The van der Waals surface area contributed by atoms with E-state index in [4.69, 9.17) is 0 Å². The molecule has 0 saturated heterocycles. The predicted molar refractivity (Wildman–Crippen MR) is 81.9 cm³/mol. The van der Waals surface area contributed by atoms with E-state index in [1.54, 1.807) is 10.7 Å². The van der Waals surface area contributed by atoms with Crippen LogP contribution in [0.4, 0.5) is 0 Å². The molecule has 92 valence electrons. The van der Waals surface area contributed by atoms with E-state index in [2.05, 4.69) is 51.4 Å². The Balaban J connectivity index is 3.24. The van der Waals surface area contributed by atoms with Crippen molar-refractivity contribution in [1.29, 1.82) is 0 Å². The molecule has 16 heavy (non-hydrogen) atoms. The molecule has 1 aliphatic heterocycles. The van der Waals surface area contributed by atoms with E-state index in [1.165, 1.54) is 12.7 Å². The minimum atomic E-state index is -1.95. The summed E-state index contributed by atoms with van der Waals surface area (Å²) in [5, 5.41) is 1.79. The Hall–Kier alpha value is 0.781. The Morgan fingerprint density at radius 2 is 1.69 bits per heavy atom. The molecule has 0 N–H and O–H groups in total. The van der Waals surface area contributed by atoms with Gasteiger partial charge < -0.3 is 0 Å². The average Bonchev–Trinajstić information content (AvgIpc) is 2.33. The molecule has 1 heterocycles. The Labute approximate surface area is 108 Å². The monoisotopic (exact) mass is 345 g/mol. The summed E-state index contributed by atoms with van der Waals surface area (Å²) >= 11 is -1.95. The van der Waals surface area contributed by atoms with Crippen molar-refractivity contribution in [3.05, 3.63) is 10.7 Å². The molecule has 0 amide bonds. The van der Waals surface area contributed by atoms with Crippen LogP contribution in [0, 0.1) is 0 Å². The van der Waals surface area contributed by atoms with Gasteiger partial charge in [-0.05, 0) is 0 Å². The van der Waals surface area contributed by atoms with Gasteiger partial charge >= 0.3 is 109 Å². The van der Waals surface area contributed by atoms with Gasteiger partial charge in [-0.1, -0.05) is 0 Å². The van der Waals surface area contributed by atoms with Gasteiger partial charge in [-0.25, -0.2) is 0 Å². The summed E-state index contributed by atoms with van der Waals surface area (Å²) in [5.74, 6) is 0. The molecule has 4 heteroatoms. The molecule has 0 atom stereocenters. The van der Waals surface area contributed by atoms with Crippen LogP contribution in [-0.4, -0.2) is 36.4 Å². The fourth-order valence-corrected chi connectivity index (χ4v) is 27.3. The third kappa shape index (κ3) is 2.32. The van der Waals surface area contributed by atoms with Crippen LogP contribution in [-0.2, 0) is 0 Å². The van der Waals surface area contributed by atoms with Crippen LogP contribution >= 0.6 is 0 Å². The Kier molecular flexibility index (Phi) is 4.46. The molecular formula is C12H28BNSiSn. The third-order valence-electron chi connectivity index (χ3n) is 4.21. The molecule has 0 saturated carbocycles. The fraction of sp³-hybridized carbons (Fsp3) is 0.833. The van der Waals surface area contributed by atoms with Crippen molar-refractivity contribution < 1.29 is 0 Å². The first-order chi connectivity index (χ1) is 7.17. The number of nitrogens with zero attached hydrogens (tertiary/aromatic N) is 1. The van der Waals surface area contributed by atoms with Gasteiger partial charge in [0.05, 0.1) is 0 Å². The quantitative estimate of drug-likeness (QED) is 0.695. The predicted octanol–water partition coefficient (Wildman–Crippen LogP) is 4.16. The molecule has 1 aliphatic rings. The summed E-state index contributed by atoms with van der Waals surface area (Å²) in [4.78, 5) is 7.74. The van der Waals surface area contributed by atoms with Gasteiger partial charge in [-0.15, -0.1) is 0 Å². The second-order valence-corrected chi connectivity index (χ2v) is 25.9. The van der Waals surface area contributed by atoms with Crippen LogP contribution in [0.5, 0.6) is 0 Å². The zero-order valence-electron chi connectivity index (χ0n) is 12.4. The Bertz CT molecular complexity index is 307. The number of hydrogen-bond acceptors (Lipinski definition) is 1. The molecule has 0 fully saturated rings. The maximum atomic E-state index is 3.05. The second-order valence-electron chi connectivity index (χ2n) is 6.53. The van der Waals surface area contributed by atoms with Crippen molar-refractivity contribution in [1.82, 2.24) is 2.70 Å². The normalized spacial score (nSPS) is 22.1. The molecule has 1 rings (SSSR count). The molecule has 0 spiro atoms. The van der Waals surface area contributed by atoms with Gasteiger partial charge in [0, 0.05) is 0 Å². The van der Waals surface area contributed by atoms with Crippen molar-refractivity contribution >= 4 is 33.7 Å². The number of hydrogen-bond donors (Lipinski definition) is 0. The standard InChI is InChI=1S/C9H19BNSi.3CH3.Sn/c1-6-9-8(3)12(4,5)11-10(9)7-2;;;;/h6-7H2,1-5H3;3*1H3;/q-1;;;;+1. The van der Waals surface area contributed by atoms with Crippen molar-refractivity contribution in [3.8, 4) is 0 Å². The van der Waals surface area contributed by atoms with Crippen molar-refractivity contribution in [3.63, 3.8) is 0 Å². The molecule has 0 aromatic rings. The van der Waals surface area contributed by atoms with Crippen LogP contribution in [0.15, 0.2) is 10.7 Å². The zero-order valence-corrected chi connectivity index (χ0v) is 16.3. The van der Waals surface area contributed by atoms with E-state index < -0.39 is 26.9 Å². The van der Waals surface area contributed by atoms with E-state index in [0.29, 0.717) is 0 Å². The third-order valence-corrected chi connectivity index (χ3v) is 22.2. The van der Waals surface area contributed by atoms with Crippen LogP contribution in [0.3, 0.4) is 0 Å². The van der Waals surface area contributed by atoms with E-state index in [0.717, 1.165) is 6.85 Å². The van der Waals surface area contributed by atoms with Gasteiger partial charge in [-0.3, -0.25) is 0 Å². The van der Waals surface area contributed by atoms with E-state index in [9.17, 15) is 0 Å². The van der Waals surface area contributed by atoms with Crippen molar-refractivity contribution in [2.24, 2.45) is 0 Å². The molecule has 0 aromatic heterocycles. The van der Waals surface area contributed by atoms with Crippen LogP contribution in [0.2, 0.25) is 34.2 Å². The van der Waals surface area contributed by atoms with E-state index in [1.807, 2.05) is 0 Å². The number of rotatable bonds is 3. The van der Waals surface area contributed by atoms with Crippen LogP contribution < -0.4 is 0 Å². The van der Waals surface area contributed by atoms with Gasteiger partial charge in [0.1, 0.15) is 0 Å². The van der Waals surface area contributed by atoms with Gasteiger partial charge in [0.25, 0.3) is 0 Å². The van der Waals surface area contributed by atoms with E-state index in [-0.39, 0.29) is 0 Å². The van der Waals surface area contributed by atoms with Gasteiger partial charge in [0.2, 0.25) is 0 Å². The summed E-state index contributed by atoms with van der Waals surface area (Å²) in [6.07, 6.45) is 2.57. The summed E-state index contributed by atoms with van der Waals surface area (Å²) < 4.78 is 3.05. The first kappa shape index (κ1) is 14.8. The van der Waals surface area contributed by atoms with Crippen LogP contribution in [0.1, 0.15) is 27.2 Å². The molecule has 0 radical (unpaired) electrons. The van der Waals surface area contributed by atoms with E-state index >= 15 is 0 Å². The molecule has 0 bridgehead atoms. The second kappa shape index (κ2) is 4.81. The van der Waals surface area contributed by atoms with Crippen molar-refractivity contribution in [2.45, 2.75) is 61.4 Å². The summed E-state index contributed by atoms with van der Waals surface area (Å²) in [7, 11) is -1.27. The molecule has 0 aromatic carbocycles. The first-order valence-corrected chi connectivity index (χ1v) is 19.5. The maximum absolute atomic E-state index is 3.05. The van der Waals surface area contributed by atoms with Crippen molar-refractivity contribution in [2.75, 3.05) is 0 Å². The number of allylic oxidation sites excluding steroid dienone is 2. The Morgan fingerprint density at radius 3 is 2.00 bits per heavy atom. The SMILES string of the molecule is CCB1C(CC)=C(C)[Si](C)(C)[N]1[Sn]([CH3])([CH3])[CH3]. The van der Waals surface area contributed by atoms with Gasteiger partial charge in [0.15, 0.2) is 0 Å². The summed E-state index contributed by atoms with van der Waals surface area (Å²) in [5.41, 5.74) is 1.78. The molecule has 1 nitrogen and oxygen atoms in total. The average molecular weight is 344 g/mol. The Morgan fingerprint density at radius 1 is 1.19 bits per heavy atom. The molecule has 0 unspecified atom stereocenters. The molecule has 0 aliphatic carbocycles. The topological polar surface area (TPSA) is 3.24 Å². The minimum absolute atomic E-state index is 0.794. The summed E-state index contributed by atoms with van der Waals surface area (Å²) in [6, 6.07) is 0. The first-order valence-electron chi connectivity index (χ1n) is 6.67. The van der Waals surface area contributed by atoms with Gasteiger partial charge in [-0.2, -0.15) is 0 Å². The molecular weight excluding hydrogens is 316 g/mol. The fourth-order valence-electron chi connectivity index (χ4n) is 3.60. The zero-order chi connectivity index (χ0) is 12.7.